The second-order valence-corrected chi connectivity index (χ2v) is 7.65. The quantitative estimate of drug-likeness (QED) is 0.713. The third kappa shape index (κ3) is 2.33. The Morgan fingerprint density at radius 2 is 1.81 bits per heavy atom. The summed E-state index contributed by atoms with van der Waals surface area (Å²) >= 11 is 5.39. The fraction of sp³-hybridized carbons (Fsp3) is 0.222. The van der Waals surface area contributed by atoms with E-state index in [0.717, 1.165) is 24.0 Å². The summed E-state index contributed by atoms with van der Waals surface area (Å²) in [6.07, 6.45) is 1.12. The molecule has 1 N–H and O–H groups in total. The lowest BCUT2D eigenvalue weighted by Crippen LogP contribution is -2.58. The molecule has 3 heteroatoms. The molecule has 0 aliphatic carbocycles. The molecule has 0 bridgehead atoms. The summed E-state index contributed by atoms with van der Waals surface area (Å²) < 4.78 is 2.54. The maximum atomic E-state index is 3.53. The van der Waals surface area contributed by atoms with Gasteiger partial charge < -0.3 is 5.32 Å². The first-order valence-electron chi connectivity index (χ1n) is 7.19. The van der Waals surface area contributed by atoms with Crippen LogP contribution in [0.15, 0.2) is 58.4 Å². The maximum absolute atomic E-state index is 3.53. The van der Waals surface area contributed by atoms with Crippen molar-refractivity contribution in [2.75, 3.05) is 13.1 Å². The van der Waals surface area contributed by atoms with Crippen LogP contribution < -0.4 is 5.32 Å². The lowest BCUT2D eigenvalue weighted by molar-refractivity contribution is 0.275. The summed E-state index contributed by atoms with van der Waals surface area (Å²) in [5.41, 5.74) is 3.18. The summed E-state index contributed by atoms with van der Waals surface area (Å²) in [6.45, 7) is 2.14. The Balaban J connectivity index is 1.72. The zero-order valence-corrected chi connectivity index (χ0v) is 14.0. The van der Waals surface area contributed by atoms with Crippen molar-refractivity contribution in [1.82, 2.24) is 5.32 Å². The number of hydrogen-bond acceptors (Lipinski definition) is 2. The fourth-order valence-electron chi connectivity index (χ4n) is 3.20. The highest BCUT2D eigenvalue weighted by atomic mass is 79.9. The summed E-state index contributed by atoms with van der Waals surface area (Å²) in [5, 5.41) is 7.23. The fourth-order valence-corrected chi connectivity index (χ4v) is 4.42. The Morgan fingerprint density at radius 3 is 2.52 bits per heavy atom. The molecule has 0 unspecified atom stereocenters. The Hall–Kier alpha value is -1.16. The molecule has 4 rings (SSSR count). The predicted octanol–water partition coefficient (Wildman–Crippen LogP) is 4.75. The first-order valence-corrected chi connectivity index (χ1v) is 8.86. The maximum Gasteiger partial charge on any atom is 0.0345 e. The molecule has 106 valence electrons. The average Bonchev–Trinajstić information content (AvgIpc) is 2.87. The minimum absolute atomic E-state index is 0.255. The molecule has 3 aromatic rings. The van der Waals surface area contributed by atoms with Crippen molar-refractivity contribution >= 4 is 37.4 Å². The van der Waals surface area contributed by atoms with Crippen LogP contribution in [0.25, 0.3) is 10.1 Å². The predicted molar refractivity (Wildman–Crippen MR) is 94.2 cm³/mol. The summed E-state index contributed by atoms with van der Waals surface area (Å²) in [7, 11) is 0. The molecule has 1 fully saturated rings. The van der Waals surface area contributed by atoms with Gasteiger partial charge in [-0.05, 0) is 46.5 Å². The third-order valence-electron chi connectivity index (χ3n) is 4.47. The van der Waals surface area contributed by atoms with E-state index in [1.807, 2.05) is 11.3 Å². The Kier molecular flexibility index (Phi) is 3.37. The van der Waals surface area contributed by atoms with Crippen molar-refractivity contribution < 1.29 is 0 Å². The van der Waals surface area contributed by atoms with Crippen LogP contribution in [-0.4, -0.2) is 13.1 Å². The number of benzene rings is 2. The van der Waals surface area contributed by atoms with E-state index < -0.39 is 0 Å². The van der Waals surface area contributed by atoms with E-state index in [1.54, 1.807) is 0 Å². The third-order valence-corrected chi connectivity index (χ3v) is 6.01. The molecule has 0 amide bonds. The van der Waals surface area contributed by atoms with Crippen molar-refractivity contribution in [2.24, 2.45) is 0 Å². The van der Waals surface area contributed by atoms with E-state index in [-0.39, 0.29) is 5.41 Å². The van der Waals surface area contributed by atoms with Gasteiger partial charge in [-0.3, -0.25) is 0 Å². The van der Waals surface area contributed by atoms with Crippen LogP contribution in [0.2, 0.25) is 0 Å². The first-order chi connectivity index (χ1) is 10.3. The standard InChI is InChI=1S/C18H16BrNS/c19-15-7-5-14(6-8-15)18(11-20-12-18)9-13-10-21-17-4-2-1-3-16(13)17/h1-8,10,20H,9,11-12H2. The van der Waals surface area contributed by atoms with Gasteiger partial charge in [0.05, 0.1) is 0 Å². The molecular weight excluding hydrogens is 342 g/mol. The zero-order chi connectivity index (χ0) is 14.3. The summed E-state index contributed by atoms with van der Waals surface area (Å²) in [5.74, 6) is 0. The van der Waals surface area contributed by atoms with Gasteiger partial charge in [-0.1, -0.05) is 46.3 Å². The second-order valence-electron chi connectivity index (χ2n) is 5.82. The number of hydrogen-bond donors (Lipinski definition) is 1. The molecule has 1 aliphatic heterocycles. The largest absolute Gasteiger partial charge is 0.315 e. The Labute approximate surface area is 137 Å². The molecular formula is C18H16BrNS. The van der Waals surface area contributed by atoms with Crippen LogP contribution in [-0.2, 0) is 11.8 Å². The van der Waals surface area contributed by atoms with Gasteiger partial charge in [-0.25, -0.2) is 0 Å². The Bertz CT molecular complexity index is 771. The van der Waals surface area contributed by atoms with Crippen molar-refractivity contribution in [1.29, 1.82) is 0 Å². The molecule has 0 saturated carbocycles. The number of thiophene rings is 1. The van der Waals surface area contributed by atoms with E-state index >= 15 is 0 Å². The lowest BCUT2D eigenvalue weighted by atomic mass is 9.71. The van der Waals surface area contributed by atoms with Crippen LogP contribution in [0.4, 0.5) is 0 Å². The smallest absolute Gasteiger partial charge is 0.0345 e. The molecule has 1 aromatic heterocycles. The molecule has 1 aliphatic rings. The molecule has 1 saturated heterocycles. The van der Waals surface area contributed by atoms with Crippen LogP contribution in [0.3, 0.4) is 0 Å². The van der Waals surface area contributed by atoms with Gasteiger partial charge in [0.1, 0.15) is 0 Å². The van der Waals surface area contributed by atoms with Crippen molar-refractivity contribution in [2.45, 2.75) is 11.8 Å². The van der Waals surface area contributed by atoms with Crippen LogP contribution >= 0.6 is 27.3 Å². The zero-order valence-electron chi connectivity index (χ0n) is 11.6. The van der Waals surface area contributed by atoms with Gasteiger partial charge in [-0.15, -0.1) is 11.3 Å². The van der Waals surface area contributed by atoms with Crippen LogP contribution in [0, 0.1) is 0 Å². The average molecular weight is 358 g/mol. The summed E-state index contributed by atoms with van der Waals surface area (Å²) in [6, 6.07) is 17.6. The molecule has 1 nitrogen and oxygen atoms in total. The second kappa shape index (κ2) is 5.24. The normalized spacial score (nSPS) is 16.8. The molecule has 2 heterocycles. The molecule has 0 radical (unpaired) electrons. The Morgan fingerprint density at radius 1 is 1.05 bits per heavy atom. The van der Waals surface area contributed by atoms with Crippen molar-refractivity contribution in [3.8, 4) is 0 Å². The minimum Gasteiger partial charge on any atom is -0.315 e. The monoisotopic (exact) mass is 357 g/mol. The van der Waals surface area contributed by atoms with Gasteiger partial charge in [0, 0.05) is 27.7 Å². The van der Waals surface area contributed by atoms with Gasteiger partial charge in [-0.2, -0.15) is 0 Å². The summed E-state index contributed by atoms with van der Waals surface area (Å²) in [4.78, 5) is 0. The number of nitrogens with one attached hydrogen (secondary N) is 1. The van der Waals surface area contributed by atoms with Crippen molar-refractivity contribution in [3.63, 3.8) is 0 Å². The molecule has 0 spiro atoms. The SMILES string of the molecule is Brc1ccc(C2(Cc3csc4ccccc34)CNC2)cc1. The van der Waals surface area contributed by atoms with E-state index in [2.05, 4.69) is 75.2 Å². The highest BCUT2D eigenvalue weighted by Gasteiger charge is 2.39. The van der Waals surface area contributed by atoms with E-state index in [9.17, 15) is 0 Å². The lowest BCUT2D eigenvalue weighted by Gasteiger charge is -2.43. The number of rotatable bonds is 3. The highest BCUT2D eigenvalue weighted by Crippen LogP contribution is 2.37. The minimum atomic E-state index is 0.255. The van der Waals surface area contributed by atoms with Crippen molar-refractivity contribution in [3.05, 3.63) is 69.5 Å². The van der Waals surface area contributed by atoms with Gasteiger partial charge in [0.15, 0.2) is 0 Å². The van der Waals surface area contributed by atoms with Crippen LogP contribution in [0.5, 0.6) is 0 Å². The van der Waals surface area contributed by atoms with Gasteiger partial charge in [0.2, 0.25) is 0 Å². The van der Waals surface area contributed by atoms with Gasteiger partial charge in [0.25, 0.3) is 0 Å². The molecule has 0 atom stereocenters. The van der Waals surface area contributed by atoms with Crippen LogP contribution in [0.1, 0.15) is 11.1 Å². The topological polar surface area (TPSA) is 12.0 Å². The van der Waals surface area contributed by atoms with E-state index in [0.29, 0.717) is 0 Å². The van der Waals surface area contributed by atoms with Gasteiger partial charge >= 0.3 is 0 Å². The first kappa shape index (κ1) is 13.5. The molecule has 2 aromatic carbocycles. The molecule has 21 heavy (non-hydrogen) atoms. The number of fused-ring (bicyclic) bond motifs is 1. The van der Waals surface area contributed by atoms with E-state index in [1.165, 1.54) is 21.2 Å². The number of halogens is 1. The van der Waals surface area contributed by atoms with E-state index in [4.69, 9.17) is 0 Å². The highest BCUT2D eigenvalue weighted by molar-refractivity contribution is 9.10.